The van der Waals surface area contributed by atoms with E-state index in [-0.39, 0.29) is 11.5 Å². The third-order valence-corrected chi connectivity index (χ3v) is 2.89. The zero-order chi connectivity index (χ0) is 14.8. The van der Waals surface area contributed by atoms with Gasteiger partial charge < -0.3 is 14.8 Å². The Morgan fingerprint density at radius 1 is 1.14 bits per heavy atom. The molecule has 6 heteroatoms. The number of anilines is 1. The number of carboxylic acids is 1. The molecular weight excluding hydrogens is 272 g/mol. The maximum absolute atomic E-state index is 12.1. The highest BCUT2D eigenvalue weighted by molar-refractivity contribution is 6.05. The number of aromatic carboxylic acids is 1. The van der Waals surface area contributed by atoms with Crippen molar-refractivity contribution < 1.29 is 19.1 Å². The van der Waals surface area contributed by atoms with Gasteiger partial charge >= 0.3 is 5.97 Å². The second-order valence-electron chi connectivity index (χ2n) is 4.34. The number of hydrogen-bond donors (Lipinski definition) is 2. The number of rotatable bonds is 3. The molecule has 21 heavy (non-hydrogen) atoms. The largest absolute Gasteiger partial charge is 0.477 e. The number of hydrogen-bond acceptors (Lipinski definition) is 4. The topological polar surface area (TPSA) is 92.4 Å². The first-order valence-electron chi connectivity index (χ1n) is 6.13. The zero-order valence-corrected chi connectivity index (χ0v) is 10.7. The molecule has 0 saturated carbocycles. The third kappa shape index (κ3) is 2.59. The Bertz CT molecular complexity index is 805. The van der Waals surface area contributed by atoms with Crippen LogP contribution in [-0.4, -0.2) is 22.0 Å². The Morgan fingerprint density at radius 3 is 2.71 bits per heavy atom. The number of pyridine rings is 1. The molecule has 3 aromatic rings. The third-order valence-electron chi connectivity index (χ3n) is 2.89. The lowest BCUT2D eigenvalue weighted by atomic mass is 10.2. The Labute approximate surface area is 119 Å². The molecule has 3 rings (SSSR count). The number of fused-ring (bicyclic) bond motifs is 1. The molecule has 0 unspecified atom stereocenters. The summed E-state index contributed by atoms with van der Waals surface area (Å²) in [6, 6.07) is 11.7. The first-order chi connectivity index (χ1) is 10.1. The van der Waals surface area contributed by atoms with Crippen molar-refractivity contribution in [2.45, 2.75) is 0 Å². The summed E-state index contributed by atoms with van der Waals surface area (Å²) in [5, 5.41) is 12.3. The first kappa shape index (κ1) is 12.9. The molecule has 104 valence electrons. The molecule has 0 radical (unpaired) electrons. The molecule has 1 amide bonds. The van der Waals surface area contributed by atoms with Crippen LogP contribution in [0.25, 0.3) is 11.0 Å². The van der Waals surface area contributed by atoms with E-state index in [4.69, 9.17) is 9.52 Å². The molecule has 0 fully saturated rings. The smallest absolute Gasteiger partial charge is 0.354 e. The van der Waals surface area contributed by atoms with E-state index in [1.165, 1.54) is 18.3 Å². The zero-order valence-electron chi connectivity index (χ0n) is 10.7. The van der Waals surface area contributed by atoms with Gasteiger partial charge in [0.2, 0.25) is 0 Å². The molecule has 0 atom stereocenters. The second kappa shape index (κ2) is 5.09. The van der Waals surface area contributed by atoms with Crippen LogP contribution >= 0.6 is 0 Å². The van der Waals surface area contributed by atoms with Crippen LogP contribution in [0.3, 0.4) is 0 Å². The van der Waals surface area contributed by atoms with Crippen LogP contribution in [0.1, 0.15) is 21.0 Å². The Kier molecular flexibility index (Phi) is 3.12. The minimum atomic E-state index is -1.16. The van der Waals surface area contributed by atoms with Gasteiger partial charge in [-0.25, -0.2) is 9.78 Å². The number of carboxylic acid groups (broad SMARTS) is 1. The summed E-state index contributed by atoms with van der Waals surface area (Å²) in [5.41, 5.74) is 0.814. The highest BCUT2D eigenvalue weighted by Gasteiger charge is 2.13. The SMILES string of the molecule is O=C(O)c1cc(NC(=O)c2cc3ccccc3o2)ccn1. The van der Waals surface area contributed by atoms with Crippen molar-refractivity contribution >= 4 is 28.5 Å². The molecule has 0 aliphatic carbocycles. The van der Waals surface area contributed by atoms with E-state index in [9.17, 15) is 9.59 Å². The number of para-hydroxylation sites is 1. The monoisotopic (exact) mass is 282 g/mol. The summed E-state index contributed by atoms with van der Waals surface area (Å²) < 4.78 is 5.44. The van der Waals surface area contributed by atoms with E-state index in [0.29, 0.717) is 11.3 Å². The van der Waals surface area contributed by atoms with Gasteiger partial charge in [-0.2, -0.15) is 0 Å². The number of amides is 1. The van der Waals surface area contributed by atoms with Gasteiger partial charge in [-0.1, -0.05) is 18.2 Å². The second-order valence-corrected chi connectivity index (χ2v) is 4.34. The highest BCUT2D eigenvalue weighted by atomic mass is 16.4. The van der Waals surface area contributed by atoms with Gasteiger partial charge in [0.05, 0.1) is 0 Å². The van der Waals surface area contributed by atoms with Gasteiger partial charge in [0, 0.05) is 17.3 Å². The van der Waals surface area contributed by atoms with Gasteiger partial charge in [0.25, 0.3) is 5.91 Å². The fourth-order valence-corrected chi connectivity index (χ4v) is 1.91. The van der Waals surface area contributed by atoms with Crippen LogP contribution in [0.15, 0.2) is 53.1 Å². The van der Waals surface area contributed by atoms with E-state index < -0.39 is 11.9 Å². The Balaban J connectivity index is 1.85. The number of nitrogens with zero attached hydrogens (tertiary/aromatic N) is 1. The number of carbonyl (C=O) groups is 2. The molecule has 2 N–H and O–H groups in total. The van der Waals surface area contributed by atoms with Crippen LogP contribution in [0.4, 0.5) is 5.69 Å². The number of nitrogens with one attached hydrogen (secondary N) is 1. The van der Waals surface area contributed by atoms with E-state index >= 15 is 0 Å². The van der Waals surface area contributed by atoms with Crippen molar-refractivity contribution in [3.8, 4) is 0 Å². The lowest BCUT2D eigenvalue weighted by Gasteiger charge is -2.03. The Hall–Kier alpha value is -3.15. The van der Waals surface area contributed by atoms with Crippen LogP contribution < -0.4 is 5.32 Å². The predicted octanol–water partition coefficient (Wildman–Crippen LogP) is 2.78. The van der Waals surface area contributed by atoms with Gasteiger partial charge in [0.15, 0.2) is 5.76 Å². The van der Waals surface area contributed by atoms with Crippen LogP contribution in [-0.2, 0) is 0 Å². The normalized spacial score (nSPS) is 10.5. The number of benzene rings is 1. The fraction of sp³-hybridized carbons (Fsp3) is 0. The average Bonchev–Trinajstić information content (AvgIpc) is 2.91. The van der Waals surface area contributed by atoms with Crippen molar-refractivity contribution in [3.63, 3.8) is 0 Å². The summed E-state index contributed by atoms with van der Waals surface area (Å²) >= 11 is 0. The summed E-state index contributed by atoms with van der Waals surface area (Å²) in [5.74, 6) is -1.45. The number of carbonyl (C=O) groups excluding carboxylic acids is 1. The van der Waals surface area contributed by atoms with Crippen molar-refractivity contribution in [2.75, 3.05) is 5.32 Å². The molecule has 0 bridgehead atoms. The summed E-state index contributed by atoms with van der Waals surface area (Å²) in [6.07, 6.45) is 1.32. The van der Waals surface area contributed by atoms with Gasteiger partial charge in [0.1, 0.15) is 11.3 Å². The van der Waals surface area contributed by atoms with Crippen molar-refractivity contribution in [1.29, 1.82) is 0 Å². The minimum absolute atomic E-state index is 0.141. The lowest BCUT2D eigenvalue weighted by Crippen LogP contribution is -2.12. The Morgan fingerprint density at radius 2 is 1.95 bits per heavy atom. The molecule has 0 spiro atoms. The van der Waals surface area contributed by atoms with Crippen molar-refractivity contribution in [1.82, 2.24) is 4.98 Å². The molecule has 2 aromatic heterocycles. The number of furan rings is 1. The average molecular weight is 282 g/mol. The number of aromatic nitrogens is 1. The standard InChI is InChI=1S/C15H10N2O4/c18-14(13-7-9-3-1-2-4-12(9)21-13)17-10-5-6-16-11(8-10)15(19)20/h1-8H,(H,19,20)(H,16,17,18). The van der Waals surface area contributed by atoms with Crippen LogP contribution in [0, 0.1) is 0 Å². The van der Waals surface area contributed by atoms with E-state index in [1.54, 1.807) is 12.1 Å². The van der Waals surface area contributed by atoms with Crippen molar-refractivity contribution in [3.05, 3.63) is 60.1 Å². The van der Waals surface area contributed by atoms with Crippen LogP contribution in [0.5, 0.6) is 0 Å². The van der Waals surface area contributed by atoms with Crippen molar-refractivity contribution in [2.24, 2.45) is 0 Å². The maximum Gasteiger partial charge on any atom is 0.354 e. The summed E-state index contributed by atoms with van der Waals surface area (Å²) in [4.78, 5) is 26.6. The maximum atomic E-state index is 12.1. The highest BCUT2D eigenvalue weighted by Crippen LogP contribution is 2.20. The quantitative estimate of drug-likeness (QED) is 0.770. The lowest BCUT2D eigenvalue weighted by molar-refractivity contribution is 0.0690. The first-order valence-corrected chi connectivity index (χ1v) is 6.13. The predicted molar refractivity (Wildman–Crippen MR) is 75.4 cm³/mol. The van der Waals surface area contributed by atoms with Gasteiger partial charge in [-0.3, -0.25) is 4.79 Å². The van der Waals surface area contributed by atoms with Gasteiger partial charge in [-0.05, 0) is 24.3 Å². The molecule has 0 aliphatic heterocycles. The fourth-order valence-electron chi connectivity index (χ4n) is 1.91. The minimum Gasteiger partial charge on any atom is -0.477 e. The van der Waals surface area contributed by atoms with E-state index in [0.717, 1.165) is 5.39 Å². The van der Waals surface area contributed by atoms with Gasteiger partial charge in [-0.15, -0.1) is 0 Å². The molecular formula is C15H10N2O4. The molecule has 0 saturated heterocycles. The molecule has 2 heterocycles. The molecule has 1 aromatic carbocycles. The van der Waals surface area contributed by atoms with Crippen LogP contribution in [0.2, 0.25) is 0 Å². The molecule has 0 aliphatic rings. The van der Waals surface area contributed by atoms with E-state index in [2.05, 4.69) is 10.3 Å². The molecule has 6 nitrogen and oxygen atoms in total. The summed E-state index contributed by atoms with van der Waals surface area (Å²) in [7, 11) is 0. The summed E-state index contributed by atoms with van der Waals surface area (Å²) in [6.45, 7) is 0. The van der Waals surface area contributed by atoms with E-state index in [1.807, 2.05) is 18.2 Å².